The molecule has 0 aliphatic heterocycles. The van der Waals surface area contributed by atoms with E-state index in [1.165, 1.54) is 7.11 Å². The number of H-pyrrole nitrogens is 1. The van der Waals surface area contributed by atoms with Gasteiger partial charge in [0, 0.05) is 23.5 Å². The Kier molecular flexibility index (Phi) is 6.12. The molecule has 24 heavy (non-hydrogen) atoms. The van der Waals surface area contributed by atoms with E-state index in [0.29, 0.717) is 0 Å². The average Bonchev–Trinajstić information content (AvgIpc) is 2.96. The standard InChI is InChI=1S/C15H18N3O5P/c1-22-15(19)14(18-24(20,21)23-8-4-7-16)9-11-10-17-13-6-3-2-5-12(11)13/h2-3,5-6,10,14,17H,4,8-9H2,1H3,(H2,18,20,21). The SMILES string of the molecule is COC(=O)C(Cc1c[nH]c2ccccc12)NP(=O)(O)OCCC#N. The van der Waals surface area contributed by atoms with Crippen LogP contribution in [-0.4, -0.2) is 35.6 Å². The van der Waals surface area contributed by atoms with Crippen molar-refractivity contribution in [3.05, 3.63) is 36.0 Å². The second-order valence-electron chi connectivity index (χ2n) is 5.03. The summed E-state index contributed by atoms with van der Waals surface area (Å²) in [5.41, 5.74) is 1.69. The van der Waals surface area contributed by atoms with Crippen molar-refractivity contribution in [2.24, 2.45) is 0 Å². The first-order valence-corrected chi connectivity index (χ1v) is 8.79. The van der Waals surface area contributed by atoms with Gasteiger partial charge in [0.2, 0.25) is 0 Å². The Balaban J connectivity index is 2.15. The summed E-state index contributed by atoms with van der Waals surface area (Å²) in [7, 11) is -3.04. The van der Waals surface area contributed by atoms with E-state index < -0.39 is 19.8 Å². The summed E-state index contributed by atoms with van der Waals surface area (Å²) in [5, 5.41) is 11.6. The van der Waals surface area contributed by atoms with Gasteiger partial charge < -0.3 is 14.6 Å². The number of aromatic amines is 1. The van der Waals surface area contributed by atoms with Gasteiger partial charge in [-0.05, 0) is 11.6 Å². The van der Waals surface area contributed by atoms with Crippen molar-refractivity contribution in [1.82, 2.24) is 10.1 Å². The molecule has 0 amide bonds. The van der Waals surface area contributed by atoms with E-state index in [1.54, 1.807) is 12.3 Å². The minimum absolute atomic E-state index is 0.0302. The molecular weight excluding hydrogens is 333 g/mol. The van der Waals surface area contributed by atoms with Gasteiger partial charge in [0.25, 0.3) is 0 Å². The highest BCUT2D eigenvalue weighted by atomic mass is 31.2. The zero-order valence-electron chi connectivity index (χ0n) is 13.1. The first kappa shape index (κ1) is 18.2. The van der Waals surface area contributed by atoms with E-state index in [2.05, 4.69) is 10.1 Å². The molecule has 1 aromatic heterocycles. The van der Waals surface area contributed by atoms with Crippen LogP contribution in [0.15, 0.2) is 30.5 Å². The van der Waals surface area contributed by atoms with Crippen molar-refractivity contribution in [1.29, 1.82) is 5.26 Å². The van der Waals surface area contributed by atoms with Gasteiger partial charge in [-0.15, -0.1) is 0 Å². The van der Waals surface area contributed by atoms with Crippen molar-refractivity contribution >= 4 is 24.6 Å². The lowest BCUT2D eigenvalue weighted by atomic mass is 10.1. The van der Waals surface area contributed by atoms with E-state index in [-0.39, 0.29) is 19.4 Å². The minimum Gasteiger partial charge on any atom is -0.468 e. The molecule has 3 N–H and O–H groups in total. The Hall–Kier alpha value is -2.17. The molecule has 2 unspecified atom stereocenters. The quantitative estimate of drug-likeness (QED) is 0.377. The Labute approximate surface area is 139 Å². The largest absolute Gasteiger partial charge is 0.468 e. The van der Waals surface area contributed by atoms with E-state index in [4.69, 9.17) is 14.5 Å². The highest BCUT2D eigenvalue weighted by Gasteiger charge is 2.30. The van der Waals surface area contributed by atoms with Crippen molar-refractivity contribution < 1.29 is 23.5 Å². The number of nitriles is 1. The highest BCUT2D eigenvalue weighted by Crippen LogP contribution is 2.38. The van der Waals surface area contributed by atoms with Gasteiger partial charge in [0.1, 0.15) is 6.04 Å². The molecule has 9 heteroatoms. The smallest absolute Gasteiger partial charge is 0.403 e. The molecule has 0 aliphatic carbocycles. The summed E-state index contributed by atoms with van der Waals surface area (Å²) in [6, 6.07) is 8.26. The van der Waals surface area contributed by atoms with Crippen LogP contribution in [0.4, 0.5) is 0 Å². The maximum absolute atomic E-state index is 12.0. The van der Waals surface area contributed by atoms with Crippen LogP contribution >= 0.6 is 7.75 Å². The number of methoxy groups -OCH3 is 1. The second-order valence-corrected chi connectivity index (χ2v) is 6.59. The van der Waals surface area contributed by atoms with Crippen molar-refractivity contribution in [2.75, 3.05) is 13.7 Å². The van der Waals surface area contributed by atoms with Gasteiger partial charge in [-0.25, -0.2) is 9.65 Å². The Bertz CT molecular complexity index is 798. The summed E-state index contributed by atoms with van der Waals surface area (Å²) in [6.45, 7) is -0.210. The molecule has 0 fully saturated rings. The lowest BCUT2D eigenvalue weighted by Gasteiger charge is -2.19. The molecule has 2 aromatic rings. The van der Waals surface area contributed by atoms with E-state index in [9.17, 15) is 14.3 Å². The number of nitrogens with one attached hydrogen (secondary N) is 2. The molecule has 2 atom stereocenters. The molecule has 1 aromatic carbocycles. The van der Waals surface area contributed by atoms with Crippen LogP contribution in [0.5, 0.6) is 0 Å². The Morgan fingerprint density at radius 2 is 2.25 bits per heavy atom. The summed E-state index contributed by atoms with van der Waals surface area (Å²) in [5.74, 6) is -0.682. The maximum Gasteiger partial charge on any atom is 0.403 e. The van der Waals surface area contributed by atoms with E-state index in [0.717, 1.165) is 16.5 Å². The summed E-state index contributed by atoms with van der Waals surface area (Å²) in [4.78, 5) is 24.8. The monoisotopic (exact) mass is 351 g/mol. The number of benzene rings is 1. The Morgan fingerprint density at radius 3 is 2.96 bits per heavy atom. The molecule has 0 aliphatic rings. The fourth-order valence-corrected chi connectivity index (χ4v) is 3.30. The van der Waals surface area contributed by atoms with Crippen LogP contribution in [0.25, 0.3) is 10.9 Å². The number of aromatic nitrogens is 1. The molecule has 0 radical (unpaired) electrons. The molecule has 2 rings (SSSR count). The van der Waals surface area contributed by atoms with Gasteiger partial charge in [-0.3, -0.25) is 9.32 Å². The lowest BCUT2D eigenvalue weighted by Crippen LogP contribution is -2.38. The normalized spacial score (nSPS) is 14.7. The Morgan fingerprint density at radius 1 is 1.50 bits per heavy atom. The summed E-state index contributed by atoms with van der Waals surface area (Å²) >= 11 is 0. The molecule has 0 saturated heterocycles. The van der Waals surface area contributed by atoms with Crippen molar-refractivity contribution in [2.45, 2.75) is 18.9 Å². The number of esters is 1. The zero-order valence-corrected chi connectivity index (χ0v) is 14.0. The second kappa shape index (κ2) is 8.08. The van der Waals surface area contributed by atoms with Crippen LogP contribution in [-0.2, 0) is 25.0 Å². The molecule has 0 bridgehead atoms. The fraction of sp³-hybridized carbons (Fsp3) is 0.333. The number of ether oxygens (including phenoxy) is 1. The number of para-hydroxylation sites is 1. The highest BCUT2D eigenvalue weighted by molar-refractivity contribution is 7.50. The third-order valence-electron chi connectivity index (χ3n) is 3.38. The van der Waals surface area contributed by atoms with Gasteiger partial charge in [0.15, 0.2) is 0 Å². The first-order valence-electron chi connectivity index (χ1n) is 7.21. The zero-order chi connectivity index (χ0) is 17.6. The molecule has 0 saturated carbocycles. The number of rotatable bonds is 8. The average molecular weight is 351 g/mol. The number of hydrogen-bond acceptors (Lipinski definition) is 5. The van der Waals surface area contributed by atoms with E-state index in [1.807, 2.05) is 24.3 Å². The summed E-state index contributed by atoms with van der Waals surface area (Å²) in [6.07, 6.45) is 1.85. The van der Waals surface area contributed by atoms with Crippen LogP contribution in [0, 0.1) is 11.3 Å². The molecular formula is C15H18N3O5P. The fourth-order valence-electron chi connectivity index (χ4n) is 2.29. The lowest BCUT2D eigenvalue weighted by molar-refractivity contribution is -0.142. The van der Waals surface area contributed by atoms with Gasteiger partial charge in [-0.1, -0.05) is 18.2 Å². The van der Waals surface area contributed by atoms with Crippen LogP contribution in [0.2, 0.25) is 0 Å². The first-order chi connectivity index (χ1) is 11.5. The van der Waals surface area contributed by atoms with Gasteiger partial charge in [0.05, 0.1) is 26.2 Å². The number of carbonyl (C=O) groups is 1. The van der Waals surface area contributed by atoms with Crippen LogP contribution < -0.4 is 5.09 Å². The predicted octanol–water partition coefficient (Wildman–Crippen LogP) is 1.87. The van der Waals surface area contributed by atoms with Crippen molar-refractivity contribution in [3.8, 4) is 6.07 Å². The number of hydrogen-bond donors (Lipinski definition) is 3. The van der Waals surface area contributed by atoms with Crippen molar-refractivity contribution in [3.63, 3.8) is 0 Å². The third-order valence-corrected chi connectivity index (χ3v) is 4.55. The summed E-state index contributed by atoms with van der Waals surface area (Å²) < 4.78 is 21.5. The van der Waals surface area contributed by atoms with Gasteiger partial charge in [-0.2, -0.15) is 5.26 Å². The van der Waals surface area contributed by atoms with Crippen LogP contribution in [0.3, 0.4) is 0 Å². The molecule has 8 nitrogen and oxygen atoms in total. The van der Waals surface area contributed by atoms with Gasteiger partial charge >= 0.3 is 13.7 Å². The predicted molar refractivity (Wildman–Crippen MR) is 86.9 cm³/mol. The van der Waals surface area contributed by atoms with E-state index >= 15 is 0 Å². The third kappa shape index (κ3) is 4.66. The number of fused-ring (bicyclic) bond motifs is 1. The molecule has 128 valence electrons. The molecule has 1 heterocycles. The maximum atomic E-state index is 12.0. The minimum atomic E-state index is -4.24. The number of nitrogens with zero attached hydrogens (tertiary/aromatic N) is 1. The topological polar surface area (TPSA) is 124 Å². The number of carbonyl (C=O) groups excluding carboxylic acids is 1. The van der Waals surface area contributed by atoms with Crippen LogP contribution in [0.1, 0.15) is 12.0 Å². The molecule has 0 spiro atoms.